The largest absolute Gasteiger partial charge is 0.507 e. The average molecular weight is 306 g/mol. The van der Waals surface area contributed by atoms with E-state index in [9.17, 15) is 15.0 Å². The summed E-state index contributed by atoms with van der Waals surface area (Å²) in [5.41, 5.74) is 1.28. The van der Waals surface area contributed by atoms with Gasteiger partial charge in [-0.3, -0.25) is 9.69 Å². The minimum absolute atomic E-state index is 0.0194. The summed E-state index contributed by atoms with van der Waals surface area (Å²) in [6.07, 6.45) is 4.14. The number of carbonyl (C=O) groups is 1. The van der Waals surface area contributed by atoms with Gasteiger partial charge >= 0.3 is 0 Å². The second-order valence-electron chi connectivity index (χ2n) is 6.00. The number of aliphatic hydroxyl groups excluding tert-OH is 1. The predicted molar refractivity (Wildman–Crippen MR) is 86.1 cm³/mol. The zero-order valence-corrected chi connectivity index (χ0v) is 13.2. The van der Waals surface area contributed by atoms with Crippen molar-refractivity contribution in [2.45, 2.75) is 38.6 Å². The van der Waals surface area contributed by atoms with E-state index in [1.807, 2.05) is 6.92 Å². The molecule has 122 valence electrons. The molecule has 5 heteroatoms. The molecule has 1 unspecified atom stereocenters. The van der Waals surface area contributed by atoms with Crippen LogP contribution in [0.5, 0.6) is 5.75 Å². The number of phenolic OH excluding ortho intramolecular Hbond substituents is 1. The molecular formula is C17H26N2O3. The van der Waals surface area contributed by atoms with Gasteiger partial charge < -0.3 is 15.5 Å². The molecule has 0 aromatic heterocycles. The molecule has 22 heavy (non-hydrogen) atoms. The van der Waals surface area contributed by atoms with Crippen LogP contribution in [0.25, 0.3) is 0 Å². The van der Waals surface area contributed by atoms with Gasteiger partial charge in [0.15, 0.2) is 0 Å². The summed E-state index contributed by atoms with van der Waals surface area (Å²) in [6, 6.07) is 5.34. The van der Waals surface area contributed by atoms with Gasteiger partial charge in [-0.1, -0.05) is 11.6 Å². The number of nitrogens with one attached hydrogen (secondary N) is 1. The summed E-state index contributed by atoms with van der Waals surface area (Å²) in [6.45, 7) is 4.77. The highest BCUT2D eigenvalue weighted by Gasteiger charge is 2.22. The van der Waals surface area contributed by atoms with E-state index >= 15 is 0 Å². The third-order valence-electron chi connectivity index (χ3n) is 4.26. The fourth-order valence-corrected chi connectivity index (χ4v) is 2.97. The first-order chi connectivity index (χ1) is 10.6. The first kappa shape index (κ1) is 16.8. The Bertz CT molecular complexity index is 505. The Kier molecular flexibility index (Phi) is 6.21. The number of hydrogen-bond acceptors (Lipinski definition) is 4. The molecule has 1 saturated heterocycles. The molecule has 1 aromatic rings. The van der Waals surface area contributed by atoms with Gasteiger partial charge in [0.1, 0.15) is 5.75 Å². The minimum atomic E-state index is -0.226. The van der Waals surface area contributed by atoms with Crippen molar-refractivity contribution in [2.75, 3.05) is 26.2 Å². The van der Waals surface area contributed by atoms with Crippen LogP contribution in [0.4, 0.5) is 0 Å². The maximum atomic E-state index is 12.0. The number of amides is 1. The monoisotopic (exact) mass is 306 g/mol. The van der Waals surface area contributed by atoms with Crippen LogP contribution in [0.15, 0.2) is 18.2 Å². The minimum Gasteiger partial charge on any atom is -0.507 e. The lowest BCUT2D eigenvalue weighted by Gasteiger charge is -2.22. The predicted octanol–water partition coefficient (Wildman–Crippen LogP) is 1.67. The third-order valence-corrected chi connectivity index (χ3v) is 4.26. The molecule has 0 saturated carbocycles. The Morgan fingerprint density at radius 3 is 3.00 bits per heavy atom. The standard InChI is InChI=1S/C17H26N2O3/c1-13-6-7-16(21)15(11-13)17(22)18-8-2-3-9-19-10-4-5-14(19)12-20/h6-7,11,14,20-21H,2-5,8-10,12H2,1H3,(H,18,22). The lowest BCUT2D eigenvalue weighted by Crippen LogP contribution is -2.33. The molecule has 1 heterocycles. The highest BCUT2D eigenvalue weighted by molar-refractivity contribution is 5.96. The van der Waals surface area contributed by atoms with Crippen molar-refractivity contribution in [3.63, 3.8) is 0 Å². The Morgan fingerprint density at radius 1 is 1.41 bits per heavy atom. The summed E-state index contributed by atoms with van der Waals surface area (Å²) < 4.78 is 0. The van der Waals surface area contributed by atoms with Crippen LogP contribution in [0.2, 0.25) is 0 Å². The van der Waals surface area contributed by atoms with Gasteiger partial charge in [-0.15, -0.1) is 0 Å². The number of hydrogen-bond donors (Lipinski definition) is 3. The van der Waals surface area contributed by atoms with E-state index in [2.05, 4.69) is 10.2 Å². The van der Waals surface area contributed by atoms with E-state index in [0.29, 0.717) is 18.2 Å². The topological polar surface area (TPSA) is 72.8 Å². The molecule has 0 radical (unpaired) electrons. The van der Waals surface area contributed by atoms with Gasteiger partial charge in [-0.25, -0.2) is 0 Å². The van der Waals surface area contributed by atoms with Gasteiger partial charge in [0.25, 0.3) is 5.91 Å². The van der Waals surface area contributed by atoms with E-state index < -0.39 is 0 Å². The zero-order valence-electron chi connectivity index (χ0n) is 13.2. The average Bonchev–Trinajstić information content (AvgIpc) is 2.96. The molecule has 2 rings (SSSR count). The second-order valence-corrected chi connectivity index (χ2v) is 6.00. The van der Waals surface area contributed by atoms with Gasteiger partial charge in [-0.05, 0) is 57.8 Å². The molecule has 1 aliphatic rings. The van der Waals surface area contributed by atoms with Crippen LogP contribution in [0, 0.1) is 6.92 Å². The van der Waals surface area contributed by atoms with Gasteiger partial charge in [0.05, 0.1) is 12.2 Å². The van der Waals surface area contributed by atoms with Crippen LogP contribution in [0.3, 0.4) is 0 Å². The number of unbranched alkanes of at least 4 members (excludes halogenated alkanes) is 1. The van der Waals surface area contributed by atoms with Crippen LogP contribution < -0.4 is 5.32 Å². The molecule has 0 aliphatic carbocycles. The zero-order chi connectivity index (χ0) is 15.9. The number of benzene rings is 1. The third kappa shape index (κ3) is 4.45. The molecule has 0 spiro atoms. The fourth-order valence-electron chi connectivity index (χ4n) is 2.97. The number of aliphatic hydroxyl groups is 1. The Balaban J connectivity index is 1.68. The van der Waals surface area contributed by atoms with Gasteiger partial charge in [-0.2, -0.15) is 0 Å². The first-order valence-electron chi connectivity index (χ1n) is 8.04. The van der Waals surface area contributed by atoms with Crippen LogP contribution >= 0.6 is 0 Å². The van der Waals surface area contributed by atoms with E-state index in [0.717, 1.165) is 44.3 Å². The molecular weight excluding hydrogens is 280 g/mol. The van der Waals surface area contributed by atoms with Crippen molar-refractivity contribution in [1.29, 1.82) is 0 Å². The molecule has 5 nitrogen and oxygen atoms in total. The lowest BCUT2D eigenvalue weighted by atomic mass is 10.1. The van der Waals surface area contributed by atoms with Gasteiger partial charge in [0.2, 0.25) is 0 Å². The maximum Gasteiger partial charge on any atom is 0.255 e. The van der Waals surface area contributed by atoms with E-state index in [4.69, 9.17) is 0 Å². The molecule has 1 aromatic carbocycles. The number of rotatable bonds is 7. The fraction of sp³-hybridized carbons (Fsp3) is 0.588. The molecule has 1 amide bonds. The Morgan fingerprint density at radius 2 is 2.23 bits per heavy atom. The summed E-state index contributed by atoms with van der Waals surface area (Å²) in [5.74, 6) is -0.207. The highest BCUT2D eigenvalue weighted by Crippen LogP contribution is 2.18. The van der Waals surface area contributed by atoms with Crippen molar-refractivity contribution >= 4 is 5.91 Å². The van der Waals surface area contributed by atoms with E-state index in [-0.39, 0.29) is 18.3 Å². The van der Waals surface area contributed by atoms with Crippen LogP contribution in [-0.2, 0) is 0 Å². The summed E-state index contributed by atoms with van der Waals surface area (Å²) >= 11 is 0. The normalized spacial score (nSPS) is 18.5. The number of aryl methyl sites for hydroxylation is 1. The summed E-state index contributed by atoms with van der Waals surface area (Å²) in [7, 11) is 0. The smallest absolute Gasteiger partial charge is 0.255 e. The summed E-state index contributed by atoms with van der Waals surface area (Å²) in [4.78, 5) is 14.3. The van der Waals surface area contributed by atoms with Crippen LogP contribution in [-0.4, -0.2) is 53.3 Å². The van der Waals surface area contributed by atoms with Crippen molar-refractivity contribution in [2.24, 2.45) is 0 Å². The summed E-state index contributed by atoms with van der Waals surface area (Å²) in [5, 5.41) is 21.8. The maximum absolute atomic E-state index is 12.0. The number of aromatic hydroxyl groups is 1. The number of carbonyl (C=O) groups excluding carboxylic acids is 1. The molecule has 1 atom stereocenters. The number of nitrogens with zero attached hydrogens (tertiary/aromatic N) is 1. The van der Waals surface area contributed by atoms with Crippen molar-refractivity contribution in [3.8, 4) is 5.75 Å². The first-order valence-corrected chi connectivity index (χ1v) is 8.04. The molecule has 3 N–H and O–H groups in total. The number of likely N-dealkylation sites (tertiary alicyclic amines) is 1. The van der Waals surface area contributed by atoms with Crippen molar-refractivity contribution in [1.82, 2.24) is 10.2 Å². The SMILES string of the molecule is Cc1ccc(O)c(C(=O)NCCCCN2CCCC2CO)c1. The van der Waals surface area contributed by atoms with Gasteiger partial charge in [0, 0.05) is 12.6 Å². The Labute approximate surface area is 131 Å². The second kappa shape index (κ2) is 8.15. The molecule has 0 bridgehead atoms. The number of phenols is 1. The quantitative estimate of drug-likeness (QED) is 0.670. The van der Waals surface area contributed by atoms with E-state index in [1.54, 1.807) is 18.2 Å². The van der Waals surface area contributed by atoms with E-state index in [1.165, 1.54) is 0 Å². The molecule has 1 aliphatic heterocycles. The molecule has 1 fully saturated rings. The van der Waals surface area contributed by atoms with Crippen molar-refractivity contribution in [3.05, 3.63) is 29.3 Å². The Hall–Kier alpha value is -1.59. The lowest BCUT2D eigenvalue weighted by molar-refractivity contribution is 0.0949. The van der Waals surface area contributed by atoms with Crippen LogP contribution in [0.1, 0.15) is 41.6 Å². The highest BCUT2D eigenvalue weighted by atomic mass is 16.3. The van der Waals surface area contributed by atoms with Crippen molar-refractivity contribution < 1.29 is 15.0 Å².